The van der Waals surface area contributed by atoms with Crippen LogP contribution in [0.4, 0.5) is 0 Å². The van der Waals surface area contributed by atoms with E-state index in [9.17, 15) is 5.11 Å². The fraction of sp³-hybridized carbons (Fsp3) is 0.862. The molecule has 4 aliphatic rings. The van der Waals surface area contributed by atoms with E-state index in [0.29, 0.717) is 16.7 Å². The minimum Gasteiger partial charge on any atom is -0.393 e. The van der Waals surface area contributed by atoms with Gasteiger partial charge in [0.25, 0.3) is 0 Å². The fourth-order valence-electron chi connectivity index (χ4n) is 9.00. The third kappa shape index (κ3) is 3.37. The van der Waals surface area contributed by atoms with Crippen molar-refractivity contribution < 1.29 is 5.11 Å². The zero-order chi connectivity index (χ0) is 21.9. The highest BCUT2D eigenvalue weighted by Gasteiger charge is 2.59. The normalized spacial score (nSPS) is 43.5. The van der Waals surface area contributed by atoms with E-state index in [-0.39, 0.29) is 11.5 Å². The Hall–Kier alpha value is -0.560. The summed E-state index contributed by atoms with van der Waals surface area (Å²) in [5.74, 6) is 3.32. The maximum atomic E-state index is 10.8. The molecule has 170 valence electrons. The number of aliphatic hydroxyl groups is 1. The first-order chi connectivity index (χ1) is 14.0. The van der Waals surface area contributed by atoms with Gasteiger partial charge in [-0.25, -0.2) is 0 Å². The van der Waals surface area contributed by atoms with Crippen molar-refractivity contribution in [2.75, 3.05) is 0 Å². The van der Waals surface area contributed by atoms with Crippen molar-refractivity contribution in [1.82, 2.24) is 0 Å². The van der Waals surface area contributed by atoms with Crippen LogP contribution in [-0.2, 0) is 0 Å². The minimum absolute atomic E-state index is 0.0565. The Balaban J connectivity index is 1.59. The van der Waals surface area contributed by atoms with Crippen LogP contribution < -0.4 is 0 Å². The first-order valence-electron chi connectivity index (χ1n) is 13.1. The summed E-state index contributed by atoms with van der Waals surface area (Å²) in [6.45, 7) is 16.9. The van der Waals surface area contributed by atoms with E-state index in [0.717, 1.165) is 24.2 Å². The van der Waals surface area contributed by atoms with Gasteiger partial charge in [0, 0.05) is 0 Å². The quantitative estimate of drug-likeness (QED) is 0.462. The summed E-state index contributed by atoms with van der Waals surface area (Å²) >= 11 is 0. The van der Waals surface area contributed by atoms with Crippen LogP contribution in [0, 0.1) is 39.9 Å². The lowest BCUT2D eigenvalue weighted by Gasteiger charge is -2.60. The molecule has 0 aromatic carbocycles. The standard InChI is InChI=1S/C29H48O/c1-19(2)9-8-10-20(3)21-15-17-28(6)22(21)11-12-24-23(28)13-14-25-27(4,5)26(30)16-18-29(24,25)7/h9,20-22,25-26,30H,8,10-18H2,1-7H3/t20-,21-,22?,25?,26?,28+,29-/m1/s1. The molecule has 1 nitrogen and oxygen atoms in total. The van der Waals surface area contributed by atoms with Crippen LogP contribution in [-0.4, -0.2) is 11.2 Å². The monoisotopic (exact) mass is 412 g/mol. The van der Waals surface area contributed by atoms with Crippen molar-refractivity contribution in [3.8, 4) is 0 Å². The Bertz CT molecular complexity index is 723. The van der Waals surface area contributed by atoms with Gasteiger partial charge in [-0.15, -0.1) is 0 Å². The minimum atomic E-state index is -0.123. The van der Waals surface area contributed by atoms with Crippen LogP contribution in [0.2, 0.25) is 0 Å². The van der Waals surface area contributed by atoms with Crippen molar-refractivity contribution >= 4 is 0 Å². The molecule has 0 amide bonds. The highest BCUT2D eigenvalue weighted by molar-refractivity contribution is 5.37. The number of hydrogen-bond acceptors (Lipinski definition) is 1. The molecular weight excluding hydrogens is 364 g/mol. The van der Waals surface area contributed by atoms with Crippen molar-refractivity contribution in [2.24, 2.45) is 39.9 Å². The molecule has 4 aliphatic carbocycles. The molecule has 30 heavy (non-hydrogen) atoms. The molecule has 0 radical (unpaired) electrons. The Morgan fingerprint density at radius 3 is 2.30 bits per heavy atom. The van der Waals surface area contributed by atoms with Crippen molar-refractivity contribution in [1.29, 1.82) is 0 Å². The molecule has 3 unspecified atom stereocenters. The van der Waals surface area contributed by atoms with Gasteiger partial charge in [-0.3, -0.25) is 0 Å². The zero-order valence-corrected chi connectivity index (χ0v) is 21.0. The molecule has 0 aromatic rings. The van der Waals surface area contributed by atoms with Crippen LogP contribution in [0.1, 0.15) is 113 Å². The van der Waals surface area contributed by atoms with Crippen molar-refractivity contribution in [3.05, 3.63) is 22.8 Å². The van der Waals surface area contributed by atoms with Crippen LogP contribution >= 0.6 is 0 Å². The van der Waals surface area contributed by atoms with E-state index in [1.54, 1.807) is 0 Å². The molecule has 0 saturated heterocycles. The van der Waals surface area contributed by atoms with Gasteiger partial charge < -0.3 is 5.11 Å². The Morgan fingerprint density at radius 1 is 0.967 bits per heavy atom. The molecular formula is C29H48O. The van der Waals surface area contributed by atoms with E-state index < -0.39 is 0 Å². The average molecular weight is 413 g/mol. The first-order valence-corrected chi connectivity index (χ1v) is 13.1. The molecule has 0 bridgehead atoms. The predicted octanol–water partition coefficient (Wildman–Crippen LogP) is 8.09. The van der Waals surface area contributed by atoms with E-state index in [4.69, 9.17) is 0 Å². The molecule has 2 fully saturated rings. The number of aliphatic hydroxyl groups excluding tert-OH is 1. The smallest absolute Gasteiger partial charge is 0.0594 e. The molecule has 7 atom stereocenters. The van der Waals surface area contributed by atoms with Gasteiger partial charge in [0.1, 0.15) is 0 Å². The summed E-state index contributed by atoms with van der Waals surface area (Å²) in [7, 11) is 0. The fourth-order valence-corrected chi connectivity index (χ4v) is 9.00. The van der Waals surface area contributed by atoms with Gasteiger partial charge in [0.2, 0.25) is 0 Å². The van der Waals surface area contributed by atoms with Crippen LogP contribution in [0.25, 0.3) is 0 Å². The maximum absolute atomic E-state index is 10.8. The van der Waals surface area contributed by atoms with Crippen molar-refractivity contribution in [3.63, 3.8) is 0 Å². The van der Waals surface area contributed by atoms with E-state index in [1.165, 1.54) is 63.4 Å². The van der Waals surface area contributed by atoms with Gasteiger partial charge in [-0.05, 0) is 118 Å². The van der Waals surface area contributed by atoms with Gasteiger partial charge >= 0.3 is 0 Å². The number of fused-ring (bicyclic) bond motifs is 4. The molecule has 0 spiro atoms. The Kier molecular flexibility index (Phi) is 5.87. The predicted molar refractivity (Wildman–Crippen MR) is 128 cm³/mol. The summed E-state index contributed by atoms with van der Waals surface area (Å²) in [4.78, 5) is 0. The van der Waals surface area contributed by atoms with E-state index in [1.807, 2.05) is 11.1 Å². The summed E-state index contributed by atoms with van der Waals surface area (Å²) in [5.41, 5.74) is 6.06. The van der Waals surface area contributed by atoms with Gasteiger partial charge in [-0.1, -0.05) is 57.4 Å². The zero-order valence-electron chi connectivity index (χ0n) is 21.0. The lowest BCUT2D eigenvalue weighted by atomic mass is 9.45. The largest absolute Gasteiger partial charge is 0.393 e. The summed E-state index contributed by atoms with van der Waals surface area (Å²) in [6.07, 6.45) is 15.3. The summed E-state index contributed by atoms with van der Waals surface area (Å²) in [6, 6.07) is 0. The lowest BCUT2D eigenvalue weighted by molar-refractivity contribution is -0.0931. The highest BCUT2D eigenvalue weighted by atomic mass is 16.3. The molecule has 1 heteroatoms. The van der Waals surface area contributed by atoms with Gasteiger partial charge in [0.05, 0.1) is 6.10 Å². The second-order valence-electron chi connectivity index (χ2n) is 12.9. The highest BCUT2D eigenvalue weighted by Crippen LogP contribution is 2.68. The van der Waals surface area contributed by atoms with Crippen molar-refractivity contribution in [2.45, 2.75) is 119 Å². The third-order valence-corrected chi connectivity index (χ3v) is 10.8. The number of hydrogen-bond donors (Lipinski definition) is 1. The molecule has 1 N–H and O–H groups in total. The van der Waals surface area contributed by atoms with E-state index in [2.05, 4.69) is 54.5 Å². The number of allylic oxidation sites excluding steroid dienone is 4. The first kappa shape index (κ1) is 22.6. The summed E-state index contributed by atoms with van der Waals surface area (Å²) < 4.78 is 0. The van der Waals surface area contributed by atoms with Crippen LogP contribution in [0.3, 0.4) is 0 Å². The average Bonchev–Trinajstić information content (AvgIpc) is 3.02. The molecule has 2 saturated carbocycles. The Labute approximate surface area is 186 Å². The van der Waals surface area contributed by atoms with Crippen LogP contribution in [0.5, 0.6) is 0 Å². The topological polar surface area (TPSA) is 20.2 Å². The van der Waals surface area contributed by atoms with Gasteiger partial charge in [-0.2, -0.15) is 0 Å². The summed E-state index contributed by atoms with van der Waals surface area (Å²) in [5, 5.41) is 10.8. The third-order valence-electron chi connectivity index (χ3n) is 10.8. The molecule has 0 heterocycles. The second-order valence-corrected chi connectivity index (χ2v) is 12.9. The maximum Gasteiger partial charge on any atom is 0.0594 e. The molecule has 4 rings (SSSR count). The van der Waals surface area contributed by atoms with Gasteiger partial charge in [0.15, 0.2) is 0 Å². The van der Waals surface area contributed by atoms with Crippen LogP contribution in [0.15, 0.2) is 22.8 Å². The number of rotatable bonds is 4. The SMILES string of the molecule is CC(C)=CCC[C@@H](C)[C@H]1CC[C@]2(C)C3=C(CCC12)[C@@]1(C)CCC(O)C(C)(C)C1CC3. The van der Waals surface area contributed by atoms with E-state index >= 15 is 0 Å². The lowest BCUT2D eigenvalue weighted by Crippen LogP contribution is -2.53. The second kappa shape index (κ2) is 7.79. The molecule has 0 aromatic heterocycles. The Morgan fingerprint density at radius 2 is 1.60 bits per heavy atom. The molecule has 0 aliphatic heterocycles.